The van der Waals surface area contributed by atoms with Crippen LogP contribution >= 0.6 is 35.0 Å². The number of rotatable bonds is 6. The highest BCUT2D eigenvalue weighted by Gasteiger charge is 2.09. The highest BCUT2D eigenvalue weighted by molar-refractivity contribution is 7.99. The van der Waals surface area contributed by atoms with Gasteiger partial charge in [-0.1, -0.05) is 54.7 Å². The maximum absolute atomic E-state index is 6.04. The van der Waals surface area contributed by atoms with Crippen LogP contribution in [0.2, 0.25) is 10.0 Å². The molecule has 0 saturated carbocycles. The van der Waals surface area contributed by atoms with Crippen LogP contribution in [-0.4, -0.2) is 20.5 Å². The smallest absolute Gasteiger partial charge is 0.209 e. The van der Waals surface area contributed by atoms with Crippen LogP contribution in [0.4, 0.5) is 0 Å². The van der Waals surface area contributed by atoms with Crippen molar-refractivity contribution in [1.29, 1.82) is 0 Å². The number of aromatic nitrogens is 3. The fraction of sp³-hybridized carbons (Fsp3) is 0.429. The summed E-state index contributed by atoms with van der Waals surface area (Å²) in [5, 5.41) is 6.39. The summed E-state index contributed by atoms with van der Waals surface area (Å²) in [5.41, 5.74) is 0.879. The molecular weight excluding hydrogens is 313 g/mol. The van der Waals surface area contributed by atoms with Gasteiger partial charge in [0.2, 0.25) is 5.16 Å². The molecule has 108 valence electrons. The van der Waals surface area contributed by atoms with Crippen LogP contribution < -0.4 is 0 Å². The van der Waals surface area contributed by atoms with E-state index in [2.05, 4.69) is 17.0 Å². The Kier molecular flexibility index (Phi) is 5.75. The van der Waals surface area contributed by atoms with Gasteiger partial charge in [-0.3, -0.25) is 0 Å². The standard InChI is InChI=1S/C14H17Cl2N3S/c1-3-4-5-8-20-14-17-10(2)19(18-14)11-6-7-12(15)13(16)9-11/h6-7,9H,3-5,8H2,1-2H3. The molecule has 0 N–H and O–H groups in total. The first-order valence-electron chi connectivity index (χ1n) is 6.63. The van der Waals surface area contributed by atoms with Crippen LogP contribution in [0.1, 0.15) is 32.0 Å². The third kappa shape index (κ3) is 3.90. The van der Waals surface area contributed by atoms with Gasteiger partial charge in [0.15, 0.2) is 0 Å². The van der Waals surface area contributed by atoms with E-state index in [1.165, 1.54) is 19.3 Å². The number of hydrogen-bond acceptors (Lipinski definition) is 3. The lowest BCUT2D eigenvalue weighted by molar-refractivity contribution is 0.775. The maximum Gasteiger partial charge on any atom is 0.209 e. The Morgan fingerprint density at radius 3 is 2.70 bits per heavy atom. The largest absolute Gasteiger partial charge is 0.217 e. The quantitative estimate of drug-likeness (QED) is 0.541. The van der Waals surface area contributed by atoms with Crippen molar-refractivity contribution in [2.45, 2.75) is 38.3 Å². The monoisotopic (exact) mass is 329 g/mol. The average molecular weight is 330 g/mol. The molecule has 20 heavy (non-hydrogen) atoms. The predicted octanol–water partition coefficient (Wildman–Crippen LogP) is 5.16. The fourth-order valence-corrected chi connectivity index (χ4v) is 2.96. The van der Waals surface area contributed by atoms with Crippen molar-refractivity contribution < 1.29 is 0 Å². The first-order chi connectivity index (χ1) is 9.61. The molecule has 0 saturated heterocycles. The molecule has 0 radical (unpaired) electrons. The van der Waals surface area contributed by atoms with E-state index in [0.29, 0.717) is 10.0 Å². The molecule has 0 aliphatic heterocycles. The number of thioether (sulfide) groups is 1. The minimum absolute atomic E-state index is 0.524. The Balaban J connectivity index is 2.12. The van der Waals surface area contributed by atoms with Gasteiger partial charge in [0, 0.05) is 5.75 Å². The van der Waals surface area contributed by atoms with E-state index >= 15 is 0 Å². The third-order valence-corrected chi connectivity index (χ3v) is 4.54. The zero-order chi connectivity index (χ0) is 14.5. The van der Waals surface area contributed by atoms with Gasteiger partial charge in [-0.15, -0.1) is 5.10 Å². The molecule has 2 aromatic rings. The van der Waals surface area contributed by atoms with Gasteiger partial charge >= 0.3 is 0 Å². The second-order valence-corrected chi connectivity index (χ2v) is 6.38. The molecule has 0 amide bonds. The molecule has 6 heteroatoms. The van der Waals surface area contributed by atoms with Crippen LogP contribution in [0, 0.1) is 6.92 Å². The van der Waals surface area contributed by atoms with Crippen LogP contribution in [0.25, 0.3) is 5.69 Å². The Bertz CT molecular complexity index is 584. The second-order valence-electron chi connectivity index (χ2n) is 4.51. The summed E-state index contributed by atoms with van der Waals surface area (Å²) in [5.74, 6) is 1.90. The van der Waals surface area contributed by atoms with E-state index < -0.39 is 0 Å². The second kappa shape index (κ2) is 7.34. The molecule has 0 spiro atoms. The SMILES string of the molecule is CCCCCSc1nc(C)n(-c2ccc(Cl)c(Cl)c2)n1. The first-order valence-corrected chi connectivity index (χ1v) is 8.38. The van der Waals surface area contributed by atoms with Crippen molar-refractivity contribution in [3.05, 3.63) is 34.1 Å². The minimum atomic E-state index is 0.524. The van der Waals surface area contributed by atoms with E-state index in [1.54, 1.807) is 28.6 Å². The van der Waals surface area contributed by atoms with E-state index in [1.807, 2.05) is 13.0 Å². The lowest BCUT2D eigenvalue weighted by Crippen LogP contribution is -1.99. The average Bonchev–Trinajstić information content (AvgIpc) is 2.79. The minimum Gasteiger partial charge on any atom is -0.217 e. The molecule has 2 rings (SSSR count). The topological polar surface area (TPSA) is 30.7 Å². The summed E-state index contributed by atoms with van der Waals surface area (Å²) in [6, 6.07) is 5.47. The fourth-order valence-electron chi connectivity index (χ4n) is 1.80. The van der Waals surface area contributed by atoms with Crippen molar-refractivity contribution in [1.82, 2.24) is 14.8 Å². The number of hydrogen-bond donors (Lipinski definition) is 0. The molecule has 0 fully saturated rings. The van der Waals surface area contributed by atoms with Crippen molar-refractivity contribution in [3.63, 3.8) is 0 Å². The lowest BCUT2D eigenvalue weighted by atomic mass is 10.3. The summed E-state index contributed by atoms with van der Waals surface area (Å²) in [7, 11) is 0. The van der Waals surface area contributed by atoms with E-state index in [4.69, 9.17) is 23.2 Å². The van der Waals surface area contributed by atoms with Gasteiger partial charge in [0.1, 0.15) is 5.82 Å². The Morgan fingerprint density at radius 1 is 1.20 bits per heavy atom. The normalized spacial score (nSPS) is 11.0. The van der Waals surface area contributed by atoms with E-state index in [9.17, 15) is 0 Å². The third-order valence-electron chi connectivity index (χ3n) is 2.88. The van der Waals surface area contributed by atoms with Crippen molar-refractivity contribution in [3.8, 4) is 5.69 Å². The summed E-state index contributed by atoms with van der Waals surface area (Å²) in [4.78, 5) is 4.48. The van der Waals surface area contributed by atoms with Gasteiger partial charge in [-0.2, -0.15) is 0 Å². The molecule has 1 aromatic carbocycles. The van der Waals surface area contributed by atoms with Gasteiger partial charge in [-0.05, 0) is 31.5 Å². The molecule has 3 nitrogen and oxygen atoms in total. The number of benzene rings is 1. The molecule has 0 bridgehead atoms. The molecule has 1 aromatic heterocycles. The van der Waals surface area contributed by atoms with Crippen LogP contribution in [0.15, 0.2) is 23.4 Å². The Morgan fingerprint density at radius 2 is 2.00 bits per heavy atom. The highest BCUT2D eigenvalue weighted by atomic mass is 35.5. The molecular formula is C14H17Cl2N3S. The van der Waals surface area contributed by atoms with Gasteiger partial charge in [0.25, 0.3) is 0 Å². The molecule has 0 aliphatic rings. The predicted molar refractivity (Wildman–Crippen MR) is 86.4 cm³/mol. The van der Waals surface area contributed by atoms with Gasteiger partial charge in [0.05, 0.1) is 15.7 Å². The summed E-state index contributed by atoms with van der Waals surface area (Å²) in [6.45, 7) is 4.14. The molecule has 0 atom stereocenters. The van der Waals surface area contributed by atoms with E-state index in [0.717, 1.165) is 22.4 Å². The first kappa shape index (κ1) is 15.7. The maximum atomic E-state index is 6.04. The zero-order valence-electron chi connectivity index (χ0n) is 11.6. The number of aryl methyl sites for hydroxylation is 1. The van der Waals surface area contributed by atoms with Gasteiger partial charge in [-0.25, -0.2) is 9.67 Å². The Labute approximate surface area is 133 Å². The highest BCUT2D eigenvalue weighted by Crippen LogP contribution is 2.25. The van der Waals surface area contributed by atoms with Crippen LogP contribution in [0.5, 0.6) is 0 Å². The van der Waals surface area contributed by atoms with E-state index in [-0.39, 0.29) is 0 Å². The lowest BCUT2D eigenvalue weighted by Gasteiger charge is -2.04. The molecule has 0 unspecified atom stereocenters. The number of unbranched alkanes of at least 4 members (excludes halogenated alkanes) is 2. The van der Waals surface area contributed by atoms with Gasteiger partial charge < -0.3 is 0 Å². The number of halogens is 2. The van der Waals surface area contributed by atoms with Crippen LogP contribution in [-0.2, 0) is 0 Å². The zero-order valence-corrected chi connectivity index (χ0v) is 13.9. The summed E-state index contributed by atoms with van der Waals surface area (Å²) in [6.07, 6.45) is 3.67. The van der Waals surface area contributed by atoms with Crippen molar-refractivity contribution in [2.24, 2.45) is 0 Å². The van der Waals surface area contributed by atoms with Crippen LogP contribution in [0.3, 0.4) is 0 Å². The van der Waals surface area contributed by atoms with Crippen molar-refractivity contribution >= 4 is 35.0 Å². The molecule has 1 heterocycles. The summed E-state index contributed by atoms with van der Waals surface area (Å²) < 4.78 is 1.80. The summed E-state index contributed by atoms with van der Waals surface area (Å²) >= 11 is 13.7. The molecule has 0 aliphatic carbocycles. The number of nitrogens with zero attached hydrogens (tertiary/aromatic N) is 3. The Hall–Kier alpha value is -0.710. The van der Waals surface area contributed by atoms with Crippen molar-refractivity contribution in [2.75, 3.05) is 5.75 Å².